The van der Waals surface area contributed by atoms with Crippen molar-refractivity contribution >= 4 is 82.9 Å². The van der Waals surface area contributed by atoms with Gasteiger partial charge in [0, 0.05) is 35.9 Å². The van der Waals surface area contributed by atoms with E-state index in [1.807, 2.05) is 6.92 Å². The molecule has 0 amide bonds. The zero-order valence-electron chi connectivity index (χ0n) is 34.0. The van der Waals surface area contributed by atoms with E-state index in [4.69, 9.17) is 58.2 Å². The highest BCUT2D eigenvalue weighted by Crippen LogP contribution is 2.62. The van der Waals surface area contributed by atoms with Gasteiger partial charge in [-0.2, -0.15) is 0 Å². The van der Waals surface area contributed by atoms with Crippen LogP contribution in [0.25, 0.3) is 0 Å². The van der Waals surface area contributed by atoms with Gasteiger partial charge in [-0.25, -0.2) is 9.59 Å². The zero-order chi connectivity index (χ0) is 42.5. The summed E-state index contributed by atoms with van der Waals surface area (Å²) in [6.07, 6.45) is -6.42. The lowest BCUT2D eigenvalue weighted by atomic mass is 9.47. The van der Waals surface area contributed by atoms with Crippen molar-refractivity contribution in [3.8, 4) is 0 Å². The number of alkyl halides is 4. The SMILES string of the molecule is C=C1[C@@H](Br)C[C@H](OC(=O)OCC(Cl)(Cl)Cl)[C@@]2(C)C(=O)[C@H](OC(C)=O)C3=C(C)[C@@H](O[Si](C(C)C)(C(C)C)C(C)C)C[C@@](O)([C@@H](OC(=O)c4ccccc4)[C@H]12)C3(C)C. The van der Waals surface area contributed by atoms with Gasteiger partial charge in [0.25, 0.3) is 0 Å². The van der Waals surface area contributed by atoms with E-state index in [1.165, 1.54) is 6.92 Å². The Morgan fingerprint density at radius 2 is 1.54 bits per heavy atom. The van der Waals surface area contributed by atoms with Crippen LogP contribution in [0.1, 0.15) is 99.4 Å². The largest absolute Gasteiger partial charge is 0.508 e. The third kappa shape index (κ3) is 8.41. The van der Waals surface area contributed by atoms with E-state index < -0.39 is 94.2 Å². The molecule has 2 bridgehead atoms. The lowest BCUT2D eigenvalue weighted by Gasteiger charge is -2.62. The predicted molar refractivity (Wildman–Crippen MR) is 223 cm³/mol. The summed E-state index contributed by atoms with van der Waals surface area (Å²) < 4.78 is 29.1. The monoisotopic (exact) mass is 920 g/mol. The maximum atomic E-state index is 15.7. The van der Waals surface area contributed by atoms with Crippen LogP contribution in [0.3, 0.4) is 0 Å². The number of Topliss-reactive ketones (excluding diaryl/α,β-unsaturated/α-hetero) is 1. The van der Waals surface area contributed by atoms with E-state index in [1.54, 1.807) is 51.1 Å². The highest BCUT2D eigenvalue weighted by atomic mass is 79.9. The Kier molecular flexibility index (Phi) is 14.2. The number of fused-ring (bicyclic) bond motifs is 3. The number of aliphatic hydroxyl groups is 1. The van der Waals surface area contributed by atoms with E-state index in [-0.39, 0.29) is 35.0 Å². The van der Waals surface area contributed by atoms with Gasteiger partial charge in [0.2, 0.25) is 12.1 Å². The first-order valence-electron chi connectivity index (χ1n) is 19.0. The topological polar surface area (TPSA) is 135 Å². The molecule has 1 N–H and O–H groups in total. The van der Waals surface area contributed by atoms with Crippen molar-refractivity contribution in [2.24, 2.45) is 16.7 Å². The number of ether oxygens (including phenoxy) is 4. The van der Waals surface area contributed by atoms with E-state index in [0.29, 0.717) is 16.7 Å². The van der Waals surface area contributed by atoms with Crippen LogP contribution in [-0.2, 0) is 33.0 Å². The quantitative estimate of drug-likeness (QED) is 0.0795. The average Bonchev–Trinajstić information content (AvgIpc) is 3.08. The second-order valence-electron chi connectivity index (χ2n) is 17.1. The Morgan fingerprint density at radius 3 is 2.04 bits per heavy atom. The molecule has 0 saturated heterocycles. The van der Waals surface area contributed by atoms with E-state index in [0.717, 1.165) is 0 Å². The van der Waals surface area contributed by atoms with Crippen LogP contribution in [0.4, 0.5) is 4.79 Å². The van der Waals surface area contributed by atoms with Crippen LogP contribution in [0.2, 0.25) is 16.6 Å². The first-order valence-corrected chi connectivity index (χ1v) is 23.2. The lowest BCUT2D eigenvalue weighted by Crippen LogP contribution is -2.72. The number of carbonyl (C=O) groups is 4. The molecule has 4 rings (SSSR count). The van der Waals surface area contributed by atoms with E-state index >= 15 is 4.79 Å². The summed E-state index contributed by atoms with van der Waals surface area (Å²) in [4.78, 5) is 55.7. The Hall–Kier alpha value is -1.93. The third-order valence-electron chi connectivity index (χ3n) is 12.7. The van der Waals surface area contributed by atoms with Gasteiger partial charge in [-0.3, -0.25) is 9.59 Å². The van der Waals surface area contributed by atoms with Gasteiger partial charge in [0.05, 0.1) is 17.1 Å². The summed E-state index contributed by atoms with van der Waals surface area (Å²) in [6, 6.07) is 8.32. The number of esters is 2. The summed E-state index contributed by atoms with van der Waals surface area (Å²) in [5, 5.41) is 13.8. The van der Waals surface area contributed by atoms with E-state index in [2.05, 4.69) is 64.1 Å². The van der Waals surface area contributed by atoms with Gasteiger partial charge < -0.3 is 28.5 Å². The Labute approximate surface area is 355 Å². The standard InChI is InChI=1S/C41H56BrCl3O10Si/c1-21(2)56(22(3)4,23(5)6)55-29-19-40(50)35(54-36(48)27-16-14-13-15-17-27)32-24(7)28(42)18-30(53-37(49)51-20-41(43,44)45)39(32,12)34(47)33(52-26(9)46)31(25(29)8)38(40,10)11/h13-17,21-23,28-30,32-33,35,50H,7,18-20H2,1-6,8-12H3/t28-,29-,30-,32-,33+,35-,39+,40+/m0/s1. The van der Waals surface area contributed by atoms with Crippen LogP contribution in [0.5, 0.6) is 0 Å². The molecule has 8 atom stereocenters. The molecule has 0 radical (unpaired) electrons. The molecule has 56 heavy (non-hydrogen) atoms. The minimum Gasteiger partial charge on any atom is -0.455 e. The van der Waals surface area contributed by atoms with Crippen molar-refractivity contribution in [3.63, 3.8) is 0 Å². The summed E-state index contributed by atoms with van der Waals surface area (Å²) in [5.41, 5.74) is -3.21. The summed E-state index contributed by atoms with van der Waals surface area (Å²) in [7, 11) is -2.69. The normalized spacial score (nSPS) is 30.8. The van der Waals surface area contributed by atoms with Gasteiger partial charge in [0.15, 0.2) is 11.9 Å². The number of ketones is 1. The molecule has 1 aromatic carbocycles. The Morgan fingerprint density at radius 1 is 0.982 bits per heavy atom. The highest BCUT2D eigenvalue weighted by Gasteiger charge is 2.71. The van der Waals surface area contributed by atoms with Crippen LogP contribution in [-0.4, -0.2) is 82.5 Å². The molecule has 0 unspecified atom stereocenters. The first kappa shape index (κ1) is 46.8. The molecular formula is C41H56BrCl3O10Si. The molecule has 3 aliphatic rings. The van der Waals surface area contributed by atoms with Crippen LogP contribution < -0.4 is 0 Å². The van der Waals surface area contributed by atoms with Crippen LogP contribution >= 0.6 is 50.7 Å². The fourth-order valence-corrected chi connectivity index (χ4v) is 16.3. The molecule has 1 aromatic rings. The number of benzene rings is 1. The summed E-state index contributed by atoms with van der Waals surface area (Å²) in [6.45, 7) is 24.8. The fourth-order valence-electron chi connectivity index (χ4n) is 9.92. The minimum atomic E-state index is -2.69. The lowest BCUT2D eigenvalue weighted by molar-refractivity contribution is -0.213. The molecular weight excluding hydrogens is 867 g/mol. The number of carbonyl (C=O) groups excluding carboxylic acids is 4. The van der Waals surface area contributed by atoms with E-state index in [9.17, 15) is 19.5 Å². The number of rotatable bonds is 10. The number of hydrogen-bond acceptors (Lipinski definition) is 10. The molecule has 0 aliphatic heterocycles. The van der Waals surface area contributed by atoms with Crippen molar-refractivity contribution in [1.82, 2.24) is 0 Å². The molecule has 312 valence electrons. The second-order valence-corrected chi connectivity index (χ2v) is 26.1. The Balaban J connectivity index is 2.10. The van der Waals surface area contributed by atoms with Gasteiger partial charge in [-0.1, -0.05) is 136 Å². The molecule has 2 saturated carbocycles. The fraction of sp³-hybridized carbons (Fsp3) is 0.659. The summed E-state index contributed by atoms with van der Waals surface area (Å²) >= 11 is 21.2. The first-order chi connectivity index (χ1) is 25.7. The molecule has 10 nitrogen and oxygen atoms in total. The maximum absolute atomic E-state index is 15.7. The van der Waals surface area contributed by atoms with Gasteiger partial charge in [-0.05, 0) is 53.7 Å². The number of halogens is 4. The molecule has 3 aliphatic carbocycles. The van der Waals surface area contributed by atoms with Gasteiger partial charge in [-0.15, -0.1) is 0 Å². The number of hydrogen-bond donors (Lipinski definition) is 1. The van der Waals surface area contributed by atoms with Gasteiger partial charge >= 0.3 is 18.1 Å². The molecule has 2 fully saturated rings. The van der Waals surface area contributed by atoms with Crippen molar-refractivity contribution in [1.29, 1.82) is 0 Å². The van der Waals surface area contributed by atoms with Crippen molar-refractivity contribution in [3.05, 3.63) is 59.2 Å². The van der Waals surface area contributed by atoms with Gasteiger partial charge in [0.1, 0.15) is 24.4 Å². The van der Waals surface area contributed by atoms with Crippen LogP contribution in [0.15, 0.2) is 53.6 Å². The minimum absolute atomic E-state index is 0.00343. The maximum Gasteiger partial charge on any atom is 0.508 e. The van der Waals surface area contributed by atoms with Crippen molar-refractivity contribution < 1.29 is 47.7 Å². The van der Waals surface area contributed by atoms with Crippen molar-refractivity contribution in [2.45, 2.75) is 144 Å². The Bertz CT molecular complexity index is 1700. The predicted octanol–water partition coefficient (Wildman–Crippen LogP) is 10.0. The van der Waals surface area contributed by atoms with Crippen molar-refractivity contribution in [2.75, 3.05) is 6.61 Å². The van der Waals surface area contributed by atoms with Crippen LogP contribution in [0, 0.1) is 16.7 Å². The smallest absolute Gasteiger partial charge is 0.455 e. The zero-order valence-corrected chi connectivity index (χ0v) is 38.9. The highest BCUT2D eigenvalue weighted by molar-refractivity contribution is 9.09. The average molecular weight is 923 g/mol. The molecule has 0 heterocycles. The third-order valence-corrected chi connectivity index (χ3v) is 20.1. The summed E-state index contributed by atoms with van der Waals surface area (Å²) in [5.74, 6) is -3.38. The molecule has 0 aromatic heterocycles. The molecule has 0 spiro atoms. The molecule has 15 heteroatoms. The second kappa shape index (κ2) is 17.0.